The smallest absolute Gasteiger partial charge is 0.332 e. The predicted molar refractivity (Wildman–Crippen MR) is 81.5 cm³/mol. The van der Waals surface area contributed by atoms with Gasteiger partial charge in [0.05, 0.1) is 10.4 Å². The summed E-state index contributed by atoms with van der Waals surface area (Å²) in [6.45, 7) is 0. The third-order valence-electron chi connectivity index (χ3n) is 2.33. The topological polar surface area (TPSA) is 43.4 Å². The molecule has 104 valence electrons. The molecule has 0 radical (unpaired) electrons. The summed E-state index contributed by atoms with van der Waals surface area (Å²) in [6.07, 6.45) is 1.44. The van der Waals surface area contributed by atoms with Crippen LogP contribution in [-0.2, 0) is 10.1 Å². The Hall–Kier alpha value is -1.49. The van der Waals surface area contributed by atoms with Crippen molar-refractivity contribution in [3.05, 3.63) is 69.5 Å². The molecule has 20 heavy (non-hydrogen) atoms. The number of hydrogen-bond donors (Lipinski definition) is 0. The van der Waals surface area contributed by atoms with Gasteiger partial charge in [0.2, 0.25) is 0 Å². The van der Waals surface area contributed by atoms with Crippen LogP contribution in [0.2, 0.25) is 10.0 Å². The predicted octanol–water partition coefficient (Wildman–Crippen LogP) is 4.37. The molecule has 0 unspecified atom stereocenters. The molecule has 0 spiro atoms. The van der Waals surface area contributed by atoms with Gasteiger partial charge in [0.15, 0.2) is 5.75 Å². The quantitative estimate of drug-likeness (QED) is 0.782. The second kappa shape index (κ2) is 6.31. The van der Waals surface area contributed by atoms with Gasteiger partial charge in [-0.3, -0.25) is 0 Å². The van der Waals surface area contributed by atoms with Crippen molar-refractivity contribution in [1.82, 2.24) is 0 Å². The van der Waals surface area contributed by atoms with E-state index in [1.807, 2.05) is 18.2 Å². The summed E-state index contributed by atoms with van der Waals surface area (Å²) in [5.74, 6) is 0.0359. The molecule has 0 saturated carbocycles. The Balaban J connectivity index is 2.17. The van der Waals surface area contributed by atoms with Gasteiger partial charge in [0.25, 0.3) is 0 Å². The summed E-state index contributed by atoms with van der Waals surface area (Å²) in [7, 11) is -3.88. The molecule has 2 rings (SSSR count). The fourth-order valence-electron chi connectivity index (χ4n) is 1.42. The molecule has 0 atom stereocenters. The SMILES string of the molecule is O=S(=O)(/C=C/c1ccccc1)Oc1ccc(Cl)cc1Cl. The highest BCUT2D eigenvalue weighted by Gasteiger charge is 2.11. The fourth-order valence-corrected chi connectivity index (χ4v) is 2.69. The first kappa shape index (κ1) is 14.9. The highest BCUT2D eigenvalue weighted by molar-refractivity contribution is 7.90. The van der Waals surface area contributed by atoms with Crippen LogP contribution in [-0.4, -0.2) is 8.42 Å². The fraction of sp³-hybridized carbons (Fsp3) is 0. The third-order valence-corrected chi connectivity index (χ3v) is 3.74. The second-order valence-electron chi connectivity index (χ2n) is 3.86. The van der Waals surface area contributed by atoms with Gasteiger partial charge in [-0.1, -0.05) is 53.5 Å². The molecule has 0 aliphatic heterocycles. The molecule has 0 bridgehead atoms. The van der Waals surface area contributed by atoms with Crippen LogP contribution in [0.25, 0.3) is 6.08 Å². The zero-order chi connectivity index (χ0) is 14.6. The van der Waals surface area contributed by atoms with E-state index in [4.69, 9.17) is 27.4 Å². The van der Waals surface area contributed by atoms with Gasteiger partial charge in [0, 0.05) is 5.02 Å². The zero-order valence-electron chi connectivity index (χ0n) is 10.2. The first-order valence-electron chi connectivity index (χ1n) is 5.59. The summed E-state index contributed by atoms with van der Waals surface area (Å²) in [6, 6.07) is 13.3. The molecular formula is C14H10Cl2O3S. The van der Waals surface area contributed by atoms with Gasteiger partial charge in [-0.15, -0.1) is 0 Å². The van der Waals surface area contributed by atoms with Crippen molar-refractivity contribution in [2.24, 2.45) is 0 Å². The number of benzene rings is 2. The number of hydrogen-bond acceptors (Lipinski definition) is 3. The van der Waals surface area contributed by atoms with E-state index < -0.39 is 10.1 Å². The molecule has 2 aromatic carbocycles. The Labute approximate surface area is 127 Å². The van der Waals surface area contributed by atoms with E-state index in [2.05, 4.69) is 0 Å². The molecule has 0 aliphatic carbocycles. The summed E-state index contributed by atoms with van der Waals surface area (Å²) < 4.78 is 28.5. The Morgan fingerprint density at radius 3 is 2.35 bits per heavy atom. The van der Waals surface area contributed by atoms with Crippen LogP contribution < -0.4 is 4.18 Å². The van der Waals surface area contributed by atoms with E-state index >= 15 is 0 Å². The van der Waals surface area contributed by atoms with Crippen molar-refractivity contribution in [3.63, 3.8) is 0 Å². The Bertz CT molecular complexity index is 725. The second-order valence-corrected chi connectivity index (χ2v) is 6.13. The van der Waals surface area contributed by atoms with Crippen LogP contribution in [0.3, 0.4) is 0 Å². The van der Waals surface area contributed by atoms with Crippen LogP contribution >= 0.6 is 23.2 Å². The standard InChI is InChI=1S/C14H10Cl2O3S/c15-12-6-7-14(13(16)10-12)19-20(17,18)9-8-11-4-2-1-3-5-11/h1-10H/b9-8+. The van der Waals surface area contributed by atoms with E-state index in [1.54, 1.807) is 12.1 Å². The summed E-state index contributed by atoms with van der Waals surface area (Å²) in [5, 5.41) is 1.52. The van der Waals surface area contributed by atoms with Crippen molar-refractivity contribution in [3.8, 4) is 5.75 Å². The highest BCUT2D eigenvalue weighted by Crippen LogP contribution is 2.28. The van der Waals surface area contributed by atoms with Gasteiger partial charge in [-0.05, 0) is 29.8 Å². The van der Waals surface area contributed by atoms with Gasteiger partial charge in [-0.2, -0.15) is 8.42 Å². The minimum atomic E-state index is -3.88. The molecule has 0 aliphatic rings. The van der Waals surface area contributed by atoms with E-state index in [-0.39, 0.29) is 10.8 Å². The minimum absolute atomic E-state index is 0.0359. The van der Waals surface area contributed by atoms with Crippen molar-refractivity contribution < 1.29 is 12.6 Å². The van der Waals surface area contributed by atoms with Gasteiger partial charge in [0.1, 0.15) is 0 Å². The molecule has 3 nitrogen and oxygen atoms in total. The molecule has 0 heterocycles. The van der Waals surface area contributed by atoms with Gasteiger partial charge >= 0.3 is 10.1 Å². The molecule has 0 saturated heterocycles. The van der Waals surface area contributed by atoms with Crippen LogP contribution in [0.4, 0.5) is 0 Å². The summed E-state index contributed by atoms with van der Waals surface area (Å²) in [4.78, 5) is 0. The Morgan fingerprint density at radius 2 is 1.70 bits per heavy atom. The maximum Gasteiger partial charge on any atom is 0.332 e. The molecule has 0 amide bonds. The average Bonchev–Trinajstić information content (AvgIpc) is 2.41. The maximum atomic E-state index is 11.8. The monoisotopic (exact) mass is 328 g/mol. The largest absolute Gasteiger partial charge is 0.378 e. The number of halogens is 2. The summed E-state index contributed by atoms with van der Waals surface area (Å²) >= 11 is 11.6. The van der Waals surface area contributed by atoms with Crippen LogP contribution in [0.15, 0.2) is 53.9 Å². The molecule has 0 aromatic heterocycles. The molecular weight excluding hydrogens is 319 g/mol. The van der Waals surface area contributed by atoms with E-state index in [1.165, 1.54) is 24.3 Å². The first-order valence-corrected chi connectivity index (χ1v) is 7.82. The van der Waals surface area contributed by atoms with Crippen LogP contribution in [0.5, 0.6) is 5.75 Å². The third kappa shape index (κ3) is 4.27. The van der Waals surface area contributed by atoms with E-state index in [0.29, 0.717) is 5.02 Å². The van der Waals surface area contributed by atoms with Gasteiger partial charge < -0.3 is 4.18 Å². The lowest BCUT2D eigenvalue weighted by molar-refractivity contribution is 0.497. The van der Waals surface area contributed by atoms with Crippen molar-refractivity contribution >= 4 is 39.4 Å². The van der Waals surface area contributed by atoms with Crippen LogP contribution in [0.1, 0.15) is 5.56 Å². The lowest BCUT2D eigenvalue weighted by atomic mass is 10.2. The van der Waals surface area contributed by atoms with Crippen molar-refractivity contribution in [2.75, 3.05) is 0 Å². The molecule has 2 aromatic rings. The van der Waals surface area contributed by atoms with Crippen molar-refractivity contribution in [1.29, 1.82) is 0 Å². The number of rotatable bonds is 4. The summed E-state index contributed by atoms with van der Waals surface area (Å²) in [5.41, 5.74) is 0.752. The first-order chi connectivity index (χ1) is 9.46. The minimum Gasteiger partial charge on any atom is -0.378 e. The lowest BCUT2D eigenvalue weighted by Gasteiger charge is -2.05. The maximum absolute atomic E-state index is 11.8. The normalized spacial score (nSPS) is 11.7. The lowest BCUT2D eigenvalue weighted by Crippen LogP contribution is -2.05. The van der Waals surface area contributed by atoms with E-state index in [9.17, 15) is 8.42 Å². The van der Waals surface area contributed by atoms with Gasteiger partial charge in [-0.25, -0.2) is 0 Å². The molecule has 6 heteroatoms. The Morgan fingerprint density at radius 1 is 1.00 bits per heavy atom. The highest BCUT2D eigenvalue weighted by atomic mass is 35.5. The molecule has 0 fully saturated rings. The average molecular weight is 329 g/mol. The Kier molecular flexibility index (Phi) is 4.70. The van der Waals surface area contributed by atoms with E-state index in [0.717, 1.165) is 11.0 Å². The van der Waals surface area contributed by atoms with Crippen LogP contribution in [0, 0.1) is 0 Å². The molecule has 0 N–H and O–H groups in total. The zero-order valence-corrected chi connectivity index (χ0v) is 12.5. The van der Waals surface area contributed by atoms with Crippen molar-refractivity contribution in [2.45, 2.75) is 0 Å².